The second-order valence-electron chi connectivity index (χ2n) is 19.1. The van der Waals surface area contributed by atoms with Gasteiger partial charge in [0.05, 0.1) is 62.3 Å². The fourth-order valence-electron chi connectivity index (χ4n) is 8.11. The van der Waals surface area contributed by atoms with E-state index >= 15 is 0 Å². The summed E-state index contributed by atoms with van der Waals surface area (Å²) in [5.41, 5.74) is 2.44. The lowest BCUT2D eigenvalue weighted by atomic mass is 10.1. The summed E-state index contributed by atoms with van der Waals surface area (Å²) in [6, 6.07) is 37.9. The van der Waals surface area contributed by atoms with Gasteiger partial charge in [0.1, 0.15) is 42.9 Å². The average molecular weight is 1350 g/mol. The molecule has 5 rings (SSSR count). The van der Waals surface area contributed by atoms with Gasteiger partial charge in [-0.05, 0) is 79.1 Å². The van der Waals surface area contributed by atoms with Gasteiger partial charge in [0.2, 0.25) is 23.6 Å². The third-order valence-corrected chi connectivity index (χ3v) is 18.7. The van der Waals surface area contributed by atoms with Crippen molar-refractivity contribution in [1.82, 2.24) is 34.8 Å². The van der Waals surface area contributed by atoms with Crippen molar-refractivity contribution in [3.05, 3.63) is 133 Å². The molecule has 5 aromatic rings. The number of unbranched alkanes of at least 4 members (excludes halogenated alkanes) is 1. The minimum atomic E-state index is -0.647. The van der Waals surface area contributed by atoms with Gasteiger partial charge >= 0.3 is 17.9 Å². The molecule has 0 spiro atoms. The van der Waals surface area contributed by atoms with Crippen LogP contribution in [0.25, 0.3) is 10.8 Å². The summed E-state index contributed by atoms with van der Waals surface area (Å²) in [5, 5.41) is 7.86. The Balaban J connectivity index is 1.11. The van der Waals surface area contributed by atoms with Crippen LogP contribution < -0.4 is 15.5 Å². The number of benzene rings is 4. The zero-order valence-electron chi connectivity index (χ0n) is 49.5. The first-order chi connectivity index (χ1) is 42.5. The smallest absolute Gasteiger partial charge is 0.316 e. The van der Waals surface area contributed by atoms with Gasteiger partial charge in [0.25, 0.3) is 0 Å². The van der Waals surface area contributed by atoms with Gasteiger partial charge < -0.3 is 49.3 Å². The second-order valence-corrected chi connectivity index (χ2v) is 25.6. The van der Waals surface area contributed by atoms with Crippen LogP contribution in [-0.2, 0) is 54.3 Å². The molecule has 0 fully saturated rings. The molecular weight excluding hydrogens is 1280 g/mol. The van der Waals surface area contributed by atoms with Gasteiger partial charge in [0.15, 0.2) is 0 Å². The summed E-state index contributed by atoms with van der Waals surface area (Å²) in [4.78, 5) is 107. The Hall–Kier alpha value is -6.46. The Morgan fingerprint density at radius 2 is 0.989 bits per heavy atom. The van der Waals surface area contributed by atoms with Crippen LogP contribution in [0.3, 0.4) is 0 Å². The van der Waals surface area contributed by atoms with Crippen LogP contribution in [0.15, 0.2) is 128 Å². The molecule has 470 valence electrons. The number of rotatable bonds is 33. The Morgan fingerprint density at radius 3 is 1.50 bits per heavy atom. The fraction of sp³-hybridized carbons (Fsp3) is 0.377. The number of thiocarbonyl (C=S) groups is 4. The van der Waals surface area contributed by atoms with Crippen LogP contribution in [0, 0.1) is 0 Å². The largest absolute Gasteiger partial charge is 0.463 e. The minimum Gasteiger partial charge on any atom is -0.463 e. The van der Waals surface area contributed by atoms with Crippen molar-refractivity contribution < 1.29 is 47.8 Å². The number of anilines is 3. The lowest BCUT2D eigenvalue weighted by Gasteiger charge is -2.27. The molecule has 0 aliphatic rings. The molecule has 0 saturated carbocycles. The molecule has 0 unspecified atom stereocenters. The number of esters is 3. The van der Waals surface area contributed by atoms with Crippen molar-refractivity contribution in [2.75, 3.05) is 119 Å². The predicted molar refractivity (Wildman–Crippen MR) is 372 cm³/mol. The Labute approximate surface area is 553 Å². The standard InChI is InChI=1S/C61H73N9O10S8/c1-5-8-28-63-51(71)38-67(59(82)85-41-54(74)70(48-21-11-9-12-22-48)49-23-13-10-14-24-49)30-33-79-57(77)44-88-61(84)69(40-53(73)66(6-2)7-3)32-35-80-56(76)43-87-60(83)68(39-52(72)64-50-25-17-18-29-62-50)31-34-78-55(75)42-86-58(81)65(4)37-45-26-27-46-19-15-16-20-47(46)36-45/h9-27,29,36H,5-8,28,30-35,37-44H2,1-4H3,(H,63,71)(H,62,64,72). The average Bonchev–Trinajstić information content (AvgIpc) is 3.62. The van der Waals surface area contributed by atoms with Crippen LogP contribution in [0.2, 0.25) is 0 Å². The van der Waals surface area contributed by atoms with Gasteiger partial charge in [-0.2, -0.15) is 0 Å². The van der Waals surface area contributed by atoms with Gasteiger partial charge in [-0.1, -0.05) is 188 Å². The summed E-state index contributed by atoms with van der Waals surface area (Å²) < 4.78 is 17.9. The van der Waals surface area contributed by atoms with Crippen molar-refractivity contribution in [1.29, 1.82) is 0 Å². The first-order valence-corrected chi connectivity index (χ1v) is 33.8. The molecule has 0 atom stereocenters. The van der Waals surface area contributed by atoms with Crippen LogP contribution in [0.5, 0.6) is 0 Å². The van der Waals surface area contributed by atoms with E-state index in [0.717, 1.165) is 64.5 Å². The number of hydrogen-bond acceptors (Lipinski definition) is 19. The van der Waals surface area contributed by atoms with E-state index in [9.17, 15) is 33.6 Å². The summed E-state index contributed by atoms with van der Waals surface area (Å²) in [5.74, 6) is -3.21. The highest BCUT2D eigenvalue weighted by atomic mass is 32.2. The molecular formula is C61H73N9O10S8. The first-order valence-electron chi connectivity index (χ1n) is 28.2. The summed E-state index contributed by atoms with van der Waals surface area (Å²) in [6.45, 7) is 6.74. The number of thioether (sulfide) groups is 4. The van der Waals surface area contributed by atoms with Crippen molar-refractivity contribution in [3.63, 3.8) is 0 Å². The second kappa shape index (κ2) is 40.2. The van der Waals surface area contributed by atoms with E-state index in [1.165, 1.54) is 22.9 Å². The van der Waals surface area contributed by atoms with E-state index in [2.05, 4.69) is 39.9 Å². The quantitative estimate of drug-likeness (QED) is 0.0174. The summed E-state index contributed by atoms with van der Waals surface area (Å²) >= 11 is 27.0. The Bertz CT molecular complexity index is 3100. The zero-order chi connectivity index (χ0) is 63.6. The highest BCUT2D eigenvalue weighted by Crippen LogP contribution is 2.27. The molecule has 1 aromatic heterocycles. The Kier molecular flexibility index (Phi) is 33.0. The molecule has 0 saturated heterocycles. The number of para-hydroxylation sites is 2. The topological polar surface area (TPSA) is 204 Å². The van der Waals surface area contributed by atoms with Gasteiger partial charge in [0, 0.05) is 50.8 Å². The van der Waals surface area contributed by atoms with Crippen LogP contribution in [0.4, 0.5) is 17.2 Å². The lowest BCUT2D eigenvalue weighted by molar-refractivity contribution is -0.141. The number of fused-ring (bicyclic) bond motifs is 1. The zero-order valence-corrected chi connectivity index (χ0v) is 56.1. The molecule has 2 N–H and O–H groups in total. The van der Waals surface area contributed by atoms with Crippen molar-refractivity contribution in [2.24, 2.45) is 0 Å². The number of carbonyl (C=O) groups is 7. The number of nitrogens with zero attached hydrogens (tertiary/aromatic N) is 7. The lowest BCUT2D eigenvalue weighted by Crippen LogP contribution is -2.43. The number of pyridine rings is 1. The summed E-state index contributed by atoms with van der Waals surface area (Å²) in [7, 11) is 1.86. The normalized spacial score (nSPS) is 10.7. The maximum atomic E-state index is 13.8. The number of nitrogens with one attached hydrogen (secondary N) is 2. The molecule has 0 aliphatic heterocycles. The minimum absolute atomic E-state index is 0.00498. The van der Waals surface area contributed by atoms with E-state index in [1.54, 1.807) is 37.8 Å². The number of carbonyl (C=O) groups excluding carboxylic acids is 7. The molecule has 27 heteroatoms. The number of amides is 4. The molecule has 0 aliphatic carbocycles. The molecule has 4 aromatic carbocycles. The highest BCUT2D eigenvalue weighted by Gasteiger charge is 2.24. The van der Waals surface area contributed by atoms with Gasteiger partial charge in [-0.3, -0.25) is 38.5 Å². The summed E-state index contributed by atoms with van der Waals surface area (Å²) in [6.07, 6.45) is 3.21. The number of hydrogen-bond donors (Lipinski definition) is 2. The van der Waals surface area contributed by atoms with E-state index in [4.69, 9.17) is 63.1 Å². The number of likely N-dealkylation sites (N-methyl/N-ethyl adjacent to an activating group) is 1. The van der Waals surface area contributed by atoms with Crippen LogP contribution in [0.1, 0.15) is 39.2 Å². The number of ether oxygens (including phenoxy) is 3. The molecule has 4 amide bonds. The molecule has 0 radical (unpaired) electrons. The maximum Gasteiger partial charge on any atom is 0.316 e. The van der Waals surface area contributed by atoms with E-state index in [0.29, 0.717) is 47.7 Å². The van der Waals surface area contributed by atoms with Crippen LogP contribution in [-0.4, -0.2) is 197 Å². The van der Waals surface area contributed by atoms with E-state index in [-0.39, 0.29) is 113 Å². The van der Waals surface area contributed by atoms with E-state index < -0.39 is 23.8 Å². The monoisotopic (exact) mass is 1350 g/mol. The van der Waals surface area contributed by atoms with Crippen LogP contribution >= 0.6 is 95.9 Å². The van der Waals surface area contributed by atoms with Crippen molar-refractivity contribution in [3.8, 4) is 0 Å². The number of aromatic nitrogens is 1. The Morgan fingerprint density at radius 1 is 0.511 bits per heavy atom. The third-order valence-electron chi connectivity index (χ3n) is 12.6. The first kappa shape index (κ1) is 72.3. The van der Waals surface area contributed by atoms with Crippen molar-refractivity contribution in [2.45, 2.75) is 40.2 Å². The van der Waals surface area contributed by atoms with E-state index in [1.807, 2.05) is 112 Å². The molecule has 19 nitrogen and oxygen atoms in total. The predicted octanol–water partition coefficient (Wildman–Crippen LogP) is 9.06. The third kappa shape index (κ3) is 26.3. The van der Waals surface area contributed by atoms with Gasteiger partial charge in [-0.25, -0.2) is 4.98 Å². The van der Waals surface area contributed by atoms with Gasteiger partial charge in [-0.15, -0.1) is 0 Å². The SMILES string of the molecule is CCCCNC(=O)CN(CCOC(=O)CSC(=S)N(CCOC(=O)CSC(=S)N(CCOC(=O)CSC(=S)N(C)Cc1ccc2ccccc2c1)CC(=O)Nc1ccccn1)CC(=O)N(CC)CC)C(=S)SCC(=O)N(c1ccccc1)c1ccccc1. The molecule has 88 heavy (non-hydrogen) atoms. The maximum absolute atomic E-state index is 13.8. The van der Waals surface area contributed by atoms with Crippen molar-refractivity contribution >= 4 is 183 Å². The highest BCUT2D eigenvalue weighted by molar-refractivity contribution is 8.24. The fourth-order valence-corrected chi connectivity index (χ4v) is 12.0. The molecule has 0 bridgehead atoms. The molecule has 1 heterocycles.